The van der Waals surface area contributed by atoms with Gasteiger partial charge in [-0.3, -0.25) is 4.79 Å². The van der Waals surface area contributed by atoms with Gasteiger partial charge in [0.05, 0.1) is 41.1 Å². The molecule has 2 aromatic carbocycles. The normalized spacial score (nSPS) is 10.5. The molecule has 3 rings (SSSR count). The highest BCUT2D eigenvalue weighted by Crippen LogP contribution is 2.40. The van der Waals surface area contributed by atoms with Crippen LogP contribution in [0.25, 0.3) is 10.2 Å². The van der Waals surface area contributed by atoms with E-state index >= 15 is 0 Å². The molecular formula is C18H15NO5S. The summed E-state index contributed by atoms with van der Waals surface area (Å²) < 4.78 is 17.0. The quantitative estimate of drug-likeness (QED) is 0.393. The van der Waals surface area contributed by atoms with Crippen LogP contribution in [0.2, 0.25) is 0 Å². The number of methoxy groups -OCH3 is 2. The van der Waals surface area contributed by atoms with Crippen molar-refractivity contribution in [1.82, 2.24) is 4.98 Å². The van der Waals surface area contributed by atoms with Gasteiger partial charge in [-0.15, -0.1) is 11.3 Å². The highest BCUT2D eigenvalue weighted by molar-refractivity contribution is 7.16. The number of carbonyl (C=O) groups is 2. The molecule has 25 heavy (non-hydrogen) atoms. The van der Waals surface area contributed by atoms with E-state index in [0.717, 1.165) is 4.70 Å². The monoisotopic (exact) mass is 357 g/mol. The first-order valence-corrected chi connectivity index (χ1v) is 8.24. The predicted octanol–water partition coefficient (Wildman–Crippen LogP) is 3.74. The lowest BCUT2D eigenvalue weighted by atomic mass is 10.1. The summed E-state index contributed by atoms with van der Waals surface area (Å²) in [4.78, 5) is 28.7. The van der Waals surface area contributed by atoms with Gasteiger partial charge in [0.15, 0.2) is 17.3 Å². The minimum atomic E-state index is -0.607. The van der Waals surface area contributed by atoms with E-state index in [1.54, 1.807) is 29.8 Å². The third kappa shape index (κ3) is 3.18. The highest BCUT2D eigenvalue weighted by atomic mass is 32.1. The van der Waals surface area contributed by atoms with Crippen molar-refractivity contribution in [3.63, 3.8) is 0 Å². The molecule has 0 saturated carbocycles. The SMILES string of the molecule is COc1ccc(C(C)=O)c(OC(=O)c2ccc3scnc3c2)c1OC. The topological polar surface area (TPSA) is 74.7 Å². The van der Waals surface area contributed by atoms with Crippen LogP contribution in [0, 0.1) is 0 Å². The number of fused-ring (bicyclic) bond motifs is 1. The van der Waals surface area contributed by atoms with Crippen molar-refractivity contribution in [1.29, 1.82) is 0 Å². The second kappa shape index (κ2) is 6.90. The molecule has 0 saturated heterocycles. The Bertz CT molecular complexity index is 963. The van der Waals surface area contributed by atoms with E-state index in [1.807, 2.05) is 0 Å². The number of ether oxygens (including phenoxy) is 3. The zero-order chi connectivity index (χ0) is 18.0. The molecule has 3 aromatic rings. The fourth-order valence-corrected chi connectivity index (χ4v) is 3.07. The lowest BCUT2D eigenvalue weighted by Crippen LogP contribution is -2.12. The lowest BCUT2D eigenvalue weighted by molar-refractivity contribution is 0.0727. The van der Waals surface area contributed by atoms with Crippen LogP contribution in [-0.2, 0) is 0 Å². The fraction of sp³-hybridized carbons (Fsp3) is 0.167. The Balaban J connectivity index is 2.03. The van der Waals surface area contributed by atoms with Gasteiger partial charge >= 0.3 is 5.97 Å². The third-order valence-electron chi connectivity index (χ3n) is 3.64. The van der Waals surface area contributed by atoms with Crippen LogP contribution < -0.4 is 14.2 Å². The Kier molecular flexibility index (Phi) is 4.67. The van der Waals surface area contributed by atoms with Crippen molar-refractivity contribution >= 4 is 33.3 Å². The summed E-state index contributed by atoms with van der Waals surface area (Å²) in [6.07, 6.45) is 0. The third-order valence-corrected chi connectivity index (χ3v) is 4.45. The molecule has 7 heteroatoms. The Labute approximate surface area is 148 Å². The Morgan fingerprint density at radius 3 is 2.52 bits per heavy atom. The molecule has 0 aliphatic heterocycles. The molecular weight excluding hydrogens is 342 g/mol. The van der Waals surface area contributed by atoms with Gasteiger partial charge in [-0.1, -0.05) is 0 Å². The van der Waals surface area contributed by atoms with Crippen LogP contribution >= 0.6 is 11.3 Å². The molecule has 0 spiro atoms. The number of aromatic nitrogens is 1. The average molecular weight is 357 g/mol. The predicted molar refractivity (Wildman–Crippen MR) is 94.1 cm³/mol. The zero-order valence-corrected chi connectivity index (χ0v) is 14.7. The summed E-state index contributed by atoms with van der Waals surface area (Å²) in [7, 11) is 2.88. The van der Waals surface area contributed by atoms with Crippen LogP contribution in [-0.4, -0.2) is 31.0 Å². The average Bonchev–Trinajstić information content (AvgIpc) is 3.08. The first kappa shape index (κ1) is 16.9. The van der Waals surface area contributed by atoms with Gasteiger partial charge in [0.2, 0.25) is 5.75 Å². The number of hydrogen-bond donors (Lipinski definition) is 0. The summed E-state index contributed by atoms with van der Waals surface area (Å²) in [6.45, 7) is 1.39. The van der Waals surface area contributed by atoms with E-state index in [2.05, 4.69) is 4.98 Å². The summed E-state index contributed by atoms with van der Waals surface area (Å²) in [5, 5.41) is 0. The van der Waals surface area contributed by atoms with Crippen molar-refractivity contribution in [2.75, 3.05) is 14.2 Å². The number of nitrogens with zero attached hydrogens (tertiary/aromatic N) is 1. The smallest absolute Gasteiger partial charge is 0.343 e. The fourth-order valence-electron chi connectivity index (χ4n) is 2.41. The summed E-state index contributed by atoms with van der Waals surface area (Å²) in [5.74, 6) is -0.260. The molecule has 0 aliphatic carbocycles. The second-order valence-corrected chi connectivity index (χ2v) is 6.04. The number of carbonyl (C=O) groups excluding carboxylic acids is 2. The van der Waals surface area contributed by atoms with E-state index in [4.69, 9.17) is 14.2 Å². The van der Waals surface area contributed by atoms with Crippen LogP contribution in [0.5, 0.6) is 17.2 Å². The first-order chi connectivity index (χ1) is 12.0. The van der Waals surface area contributed by atoms with Crippen LogP contribution in [0.3, 0.4) is 0 Å². The van der Waals surface area contributed by atoms with Crippen molar-refractivity contribution in [2.45, 2.75) is 6.92 Å². The number of thiazole rings is 1. The summed E-state index contributed by atoms with van der Waals surface area (Å²) >= 11 is 1.48. The maximum Gasteiger partial charge on any atom is 0.343 e. The molecule has 0 bridgehead atoms. The van der Waals surface area contributed by atoms with Gasteiger partial charge in [0.25, 0.3) is 0 Å². The summed E-state index contributed by atoms with van der Waals surface area (Å²) in [5.41, 5.74) is 2.99. The molecule has 0 atom stereocenters. The second-order valence-electron chi connectivity index (χ2n) is 5.16. The van der Waals surface area contributed by atoms with Crippen molar-refractivity contribution in [3.8, 4) is 17.2 Å². The molecule has 0 N–H and O–H groups in total. The Morgan fingerprint density at radius 1 is 1.04 bits per heavy atom. The maximum atomic E-state index is 12.6. The largest absolute Gasteiger partial charge is 0.493 e. The Hall–Kier alpha value is -2.93. The van der Waals surface area contributed by atoms with Gasteiger partial charge in [-0.2, -0.15) is 0 Å². The number of hydrogen-bond acceptors (Lipinski definition) is 7. The lowest BCUT2D eigenvalue weighted by Gasteiger charge is -2.15. The zero-order valence-electron chi connectivity index (χ0n) is 13.9. The molecule has 0 amide bonds. The summed E-state index contributed by atoms with van der Waals surface area (Å²) in [6, 6.07) is 8.24. The molecule has 0 aliphatic rings. The molecule has 128 valence electrons. The van der Waals surface area contributed by atoms with Crippen LogP contribution in [0.15, 0.2) is 35.8 Å². The number of Topliss-reactive ketones (excluding diaryl/α,β-unsaturated/α-hetero) is 1. The van der Waals surface area contributed by atoms with Crippen LogP contribution in [0.4, 0.5) is 0 Å². The highest BCUT2D eigenvalue weighted by Gasteiger charge is 2.22. The first-order valence-electron chi connectivity index (χ1n) is 7.36. The molecule has 6 nitrogen and oxygen atoms in total. The van der Waals surface area contributed by atoms with Gasteiger partial charge in [0.1, 0.15) is 0 Å². The van der Waals surface area contributed by atoms with Gasteiger partial charge in [0, 0.05) is 0 Å². The standard InChI is InChI=1S/C18H15NO5S/c1-10(20)12-5-6-14(22-2)17(23-3)16(12)24-18(21)11-4-7-15-13(8-11)19-9-25-15/h4-9H,1-3H3. The molecule has 0 fully saturated rings. The van der Waals surface area contributed by atoms with Gasteiger partial charge < -0.3 is 14.2 Å². The van der Waals surface area contributed by atoms with Crippen molar-refractivity contribution in [2.24, 2.45) is 0 Å². The number of esters is 1. The molecule has 1 aromatic heterocycles. The molecule has 1 heterocycles. The number of rotatable bonds is 5. The van der Waals surface area contributed by atoms with Gasteiger partial charge in [-0.25, -0.2) is 9.78 Å². The van der Waals surface area contributed by atoms with E-state index < -0.39 is 5.97 Å². The molecule has 0 unspecified atom stereocenters. The van der Waals surface area contributed by atoms with E-state index in [0.29, 0.717) is 16.8 Å². The van der Waals surface area contributed by atoms with E-state index in [-0.39, 0.29) is 22.8 Å². The van der Waals surface area contributed by atoms with Gasteiger partial charge in [-0.05, 0) is 37.3 Å². The number of benzene rings is 2. The van der Waals surface area contributed by atoms with Crippen molar-refractivity contribution < 1.29 is 23.8 Å². The van der Waals surface area contributed by atoms with Crippen molar-refractivity contribution in [3.05, 3.63) is 47.0 Å². The Morgan fingerprint density at radius 2 is 1.84 bits per heavy atom. The van der Waals surface area contributed by atoms with Crippen LogP contribution in [0.1, 0.15) is 27.6 Å². The number of ketones is 1. The minimum Gasteiger partial charge on any atom is -0.493 e. The minimum absolute atomic E-state index is 0.0396. The van der Waals surface area contributed by atoms with E-state index in [1.165, 1.54) is 38.5 Å². The molecule has 0 radical (unpaired) electrons. The van der Waals surface area contributed by atoms with E-state index in [9.17, 15) is 9.59 Å². The maximum absolute atomic E-state index is 12.6.